The number of benzene rings is 1. The number of hydrogen-bond acceptors (Lipinski definition) is 4. The highest BCUT2D eigenvalue weighted by molar-refractivity contribution is 9.10. The second-order valence-corrected chi connectivity index (χ2v) is 7.07. The van der Waals surface area contributed by atoms with Crippen molar-refractivity contribution in [2.45, 2.75) is 18.4 Å². The maximum absolute atomic E-state index is 13.3. The van der Waals surface area contributed by atoms with Gasteiger partial charge in [0, 0.05) is 12.7 Å². The van der Waals surface area contributed by atoms with Gasteiger partial charge in [0.05, 0.1) is 22.9 Å². The summed E-state index contributed by atoms with van der Waals surface area (Å²) in [7, 11) is -3.81. The third-order valence-corrected chi connectivity index (χ3v) is 4.86. The van der Waals surface area contributed by atoms with E-state index in [2.05, 4.69) is 25.8 Å². The van der Waals surface area contributed by atoms with Crippen LogP contribution in [0, 0.1) is 12.7 Å². The molecule has 9 heteroatoms. The van der Waals surface area contributed by atoms with E-state index in [1.807, 2.05) is 6.92 Å². The van der Waals surface area contributed by atoms with Gasteiger partial charge in [-0.05, 0) is 40.5 Å². The van der Waals surface area contributed by atoms with Crippen LogP contribution in [-0.4, -0.2) is 24.7 Å². The van der Waals surface area contributed by atoms with Gasteiger partial charge in [-0.1, -0.05) is 0 Å². The molecule has 6 nitrogen and oxygen atoms in total. The number of aromatic nitrogens is 2. The van der Waals surface area contributed by atoms with E-state index in [1.165, 1.54) is 0 Å². The van der Waals surface area contributed by atoms with Gasteiger partial charge in [0.15, 0.2) is 0 Å². The summed E-state index contributed by atoms with van der Waals surface area (Å²) in [6.07, 6.45) is 3.49. The minimum absolute atomic E-state index is 0.0415. The van der Waals surface area contributed by atoms with Crippen LogP contribution >= 0.6 is 15.9 Å². The Kier molecular flexibility index (Phi) is 4.64. The molecule has 0 aliphatic heterocycles. The summed E-state index contributed by atoms with van der Waals surface area (Å²) < 4.78 is 41.6. The molecule has 1 heterocycles. The van der Waals surface area contributed by atoms with Crippen LogP contribution in [0.2, 0.25) is 0 Å². The lowest BCUT2D eigenvalue weighted by Crippen LogP contribution is -2.28. The first-order valence-corrected chi connectivity index (χ1v) is 8.30. The number of rotatable bonds is 5. The first-order valence-electron chi connectivity index (χ1n) is 6.03. The number of nitrogen functional groups attached to an aromatic ring is 1. The normalized spacial score (nSPS) is 11.8. The van der Waals surface area contributed by atoms with Crippen LogP contribution in [-0.2, 0) is 16.6 Å². The Morgan fingerprint density at radius 1 is 1.48 bits per heavy atom. The molecule has 1 aromatic heterocycles. The Morgan fingerprint density at radius 2 is 2.19 bits per heavy atom. The van der Waals surface area contributed by atoms with Crippen LogP contribution < -0.4 is 10.5 Å². The Labute approximate surface area is 130 Å². The van der Waals surface area contributed by atoms with E-state index in [0.717, 1.165) is 17.7 Å². The van der Waals surface area contributed by atoms with E-state index >= 15 is 0 Å². The fraction of sp³-hybridized carbons (Fsp3) is 0.250. The molecule has 0 fully saturated rings. The van der Waals surface area contributed by atoms with Gasteiger partial charge in [-0.15, -0.1) is 0 Å². The Balaban J connectivity index is 2.10. The minimum Gasteiger partial charge on any atom is -0.398 e. The first kappa shape index (κ1) is 15.9. The molecule has 0 aliphatic rings. The zero-order valence-corrected chi connectivity index (χ0v) is 13.6. The van der Waals surface area contributed by atoms with Crippen molar-refractivity contribution in [3.05, 3.63) is 40.4 Å². The van der Waals surface area contributed by atoms with Gasteiger partial charge in [-0.25, -0.2) is 17.5 Å². The van der Waals surface area contributed by atoms with Crippen LogP contribution in [0.25, 0.3) is 0 Å². The summed E-state index contributed by atoms with van der Waals surface area (Å²) in [5, 5.41) is 4.05. The third kappa shape index (κ3) is 3.80. The quantitative estimate of drug-likeness (QED) is 0.776. The van der Waals surface area contributed by atoms with E-state index in [9.17, 15) is 12.8 Å². The van der Waals surface area contributed by atoms with Gasteiger partial charge in [0.2, 0.25) is 10.0 Å². The van der Waals surface area contributed by atoms with Crippen molar-refractivity contribution in [2.24, 2.45) is 0 Å². The molecule has 2 rings (SSSR count). The van der Waals surface area contributed by atoms with Crippen LogP contribution in [0.5, 0.6) is 0 Å². The molecule has 0 aliphatic carbocycles. The van der Waals surface area contributed by atoms with Crippen molar-refractivity contribution in [2.75, 3.05) is 12.3 Å². The average Bonchev–Trinajstić information content (AvgIpc) is 2.79. The highest BCUT2D eigenvalue weighted by atomic mass is 79.9. The minimum atomic E-state index is -3.81. The maximum atomic E-state index is 13.3. The van der Waals surface area contributed by atoms with Gasteiger partial charge in [-0.3, -0.25) is 4.68 Å². The fourth-order valence-electron chi connectivity index (χ4n) is 1.74. The van der Waals surface area contributed by atoms with Crippen molar-refractivity contribution >= 4 is 31.6 Å². The topological polar surface area (TPSA) is 90.0 Å². The molecule has 0 atom stereocenters. The lowest BCUT2D eigenvalue weighted by molar-refractivity contribution is 0.560. The molecule has 3 N–H and O–H groups in total. The maximum Gasteiger partial charge on any atom is 0.242 e. The zero-order chi connectivity index (χ0) is 15.6. The molecule has 0 amide bonds. The lowest BCUT2D eigenvalue weighted by Gasteiger charge is -2.10. The first-order chi connectivity index (χ1) is 9.79. The second kappa shape index (κ2) is 6.12. The summed E-state index contributed by atoms with van der Waals surface area (Å²) in [4.78, 5) is -0.160. The van der Waals surface area contributed by atoms with Gasteiger partial charge < -0.3 is 5.73 Å². The molecule has 0 saturated carbocycles. The smallest absolute Gasteiger partial charge is 0.242 e. The Bertz CT molecular complexity index is 761. The molecule has 0 unspecified atom stereocenters. The van der Waals surface area contributed by atoms with Crippen LogP contribution in [0.3, 0.4) is 0 Å². The predicted octanol–water partition coefficient (Wildman–Crippen LogP) is 1.65. The predicted molar refractivity (Wildman–Crippen MR) is 80.7 cm³/mol. The number of halogens is 2. The summed E-state index contributed by atoms with van der Waals surface area (Å²) in [6, 6.07) is 2.11. The Morgan fingerprint density at radius 3 is 2.81 bits per heavy atom. The van der Waals surface area contributed by atoms with Crippen LogP contribution in [0.4, 0.5) is 10.1 Å². The van der Waals surface area contributed by atoms with E-state index in [0.29, 0.717) is 6.54 Å². The van der Waals surface area contributed by atoms with Crippen molar-refractivity contribution in [1.29, 1.82) is 0 Å². The van der Waals surface area contributed by atoms with Crippen molar-refractivity contribution in [3.8, 4) is 0 Å². The van der Waals surface area contributed by atoms with Gasteiger partial charge in [-0.2, -0.15) is 5.10 Å². The molecular formula is C12H14BrFN4O2S. The van der Waals surface area contributed by atoms with E-state index < -0.39 is 15.8 Å². The molecule has 114 valence electrons. The largest absolute Gasteiger partial charge is 0.398 e. The van der Waals surface area contributed by atoms with Crippen LogP contribution in [0.15, 0.2) is 33.9 Å². The van der Waals surface area contributed by atoms with Crippen molar-refractivity contribution < 1.29 is 12.8 Å². The number of nitrogens with one attached hydrogen (secondary N) is 1. The fourth-order valence-corrected chi connectivity index (χ4v) is 3.39. The number of nitrogens with two attached hydrogens (primary N) is 1. The Hall–Kier alpha value is -1.45. The average molecular weight is 377 g/mol. The molecule has 0 spiro atoms. The highest BCUT2D eigenvalue weighted by Gasteiger charge is 2.19. The zero-order valence-electron chi connectivity index (χ0n) is 11.2. The number of anilines is 1. The molecule has 0 bridgehead atoms. The highest BCUT2D eigenvalue weighted by Crippen LogP contribution is 2.25. The molecule has 2 aromatic rings. The molecule has 0 saturated heterocycles. The lowest BCUT2D eigenvalue weighted by atomic mass is 10.3. The SMILES string of the molecule is Cc1cnn(CCNS(=O)(=O)c2cc(Br)c(F)cc2N)c1. The van der Waals surface area contributed by atoms with E-state index in [-0.39, 0.29) is 21.6 Å². The van der Waals surface area contributed by atoms with E-state index in [1.54, 1.807) is 17.1 Å². The summed E-state index contributed by atoms with van der Waals surface area (Å²) in [5.41, 5.74) is 6.41. The molecule has 0 radical (unpaired) electrons. The summed E-state index contributed by atoms with van der Waals surface area (Å²) in [6.45, 7) is 2.43. The van der Waals surface area contributed by atoms with Crippen LogP contribution in [0.1, 0.15) is 5.56 Å². The van der Waals surface area contributed by atoms with Gasteiger partial charge in [0.1, 0.15) is 10.7 Å². The third-order valence-electron chi connectivity index (χ3n) is 2.74. The summed E-state index contributed by atoms with van der Waals surface area (Å²) in [5.74, 6) is -0.613. The number of aryl methyl sites for hydroxylation is 1. The van der Waals surface area contributed by atoms with Crippen molar-refractivity contribution in [3.63, 3.8) is 0 Å². The van der Waals surface area contributed by atoms with Gasteiger partial charge in [0.25, 0.3) is 0 Å². The van der Waals surface area contributed by atoms with E-state index in [4.69, 9.17) is 5.73 Å². The second-order valence-electron chi connectivity index (χ2n) is 4.48. The summed E-state index contributed by atoms with van der Waals surface area (Å²) >= 11 is 2.94. The number of nitrogens with zero attached hydrogens (tertiary/aromatic N) is 2. The molecule has 1 aromatic carbocycles. The number of hydrogen-bond donors (Lipinski definition) is 2. The monoisotopic (exact) mass is 376 g/mol. The number of sulfonamides is 1. The van der Waals surface area contributed by atoms with Crippen molar-refractivity contribution in [1.82, 2.24) is 14.5 Å². The molecule has 21 heavy (non-hydrogen) atoms. The standard InChI is InChI=1S/C12H14BrFN4O2S/c1-8-6-16-18(7-8)3-2-17-21(19,20)12-4-9(13)10(14)5-11(12)15/h4-7,17H,2-3,15H2,1H3. The van der Waals surface area contributed by atoms with Gasteiger partial charge >= 0.3 is 0 Å². The molecular weight excluding hydrogens is 363 g/mol.